The molecule has 21 heavy (non-hydrogen) atoms. The fourth-order valence-electron chi connectivity index (χ4n) is 1.96. The van der Waals surface area contributed by atoms with E-state index in [1.165, 1.54) is 10.4 Å². The van der Waals surface area contributed by atoms with Gasteiger partial charge in [0.15, 0.2) is 0 Å². The smallest absolute Gasteiger partial charge is 0.126 e. The summed E-state index contributed by atoms with van der Waals surface area (Å²) in [5.74, 6) is 0.862. The van der Waals surface area contributed by atoms with Gasteiger partial charge in [0.2, 0.25) is 0 Å². The average molecular weight is 308 g/mol. The molecule has 0 bridgehead atoms. The molecule has 5 heteroatoms. The van der Waals surface area contributed by atoms with Gasteiger partial charge in [0.1, 0.15) is 24.9 Å². The van der Waals surface area contributed by atoms with Gasteiger partial charge in [0.25, 0.3) is 0 Å². The van der Waals surface area contributed by atoms with E-state index in [0.29, 0.717) is 19.8 Å². The maximum atomic E-state index is 9.87. The number of ether oxygens (including phenoxy) is 2. The average Bonchev–Trinajstić information content (AvgIpc) is 3.01. The van der Waals surface area contributed by atoms with E-state index in [1.807, 2.05) is 41.8 Å². The van der Waals surface area contributed by atoms with Crippen LogP contribution in [0.15, 0.2) is 41.8 Å². The van der Waals surface area contributed by atoms with Crippen molar-refractivity contribution in [3.05, 3.63) is 52.2 Å². The summed E-state index contributed by atoms with van der Waals surface area (Å²) in [4.78, 5) is 1.18. The monoisotopic (exact) mass is 308 g/mol. The zero-order valence-corrected chi connectivity index (χ0v) is 13.0. The number of benzene rings is 1. The molecule has 0 aliphatic rings. The Hall–Kier alpha value is -1.40. The van der Waals surface area contributed by atoms with Gasteiger partial charge in [-0.15, -0.1) is 11.3 Å². The molecular formula is C16H22NO3S+. The van der Waals surface area contributed by atoms with E-state index in [1.54, 1.807) is 18.4 Å². The molecule has 114 valence electrons. The molecule has 0 aliphatic carbocycles. The summed E-state index contributed by atoms with van der Waals surface area (Å²) in [6.45, 7) is 2.42. The lowest BCUT2D eigenvalue weighted by molar-refractivity contribution is -0.676. The Morgan fingerprint density at radius 3 is 2.71 bits per heavy atom. The highest BCUT2D eigenvalue weighted by molar-refractivity contribution is 7.09. The molecule has 0 fully saturated rings. The summed E-state index contributed by atoms with van der Waals surface area (Å²) < 4.78 is 10.6. The zero-order chi connectivity index (χ0) is 14.9. The second kappa shape index (κ2) is 8.79. The lowest BCUT2D eigenvalue weighted by atomic mass is 10.2. The minimum absolute atomic E-state index is 0.372. The Labute approximate surface area is 129 Å². The molecule has 2 aromatic rings. The molecule has 1 aromatic carbocycles. The summed E-state index contributed by atoms with van der Waals surface area (Å²) in [7, 11) is 1.66. The normalized spacial score (nSPS) is 12.3. The van der Waals surface area contributed by atoms with Crippen molar-refractivity contribution >= 4 is 11.3 Å². The Morgan fingerprint density at radius 1 is 1.24 bits per heavy atom. The Morgan fingerprint density at radius 2 is 2.05 bits per heavy atom. The molecule has 0 unspecified atom stereocenters. The Balaban J connectivity index is 1.58. The minimum atomic E-state index is -0.441. The van der Waals surface area contributed by atoms with Crippen molar-refractivity contribution in [2.75, 3.05) is 20.3 Å². The van der Waals surface area contributed by atoms with Crippen molar-refractivity contribution in [2.24, 2.45) is 0 Å². The predicted octanol–water partition coefficient (Wildman–Crippen LogP) is 1.40. The van der Waals surface area contributed by atoms with E-state index in [4.69, 9.17) is 9.47 Å². The lowest BCUT2D eigenvalue weighted by Crippen LogP contribution is -2.85. The van der Waals surface area contributed by atoms with Crippen LogP contribution in [0.2, 0.25) is 0 Å². The minimum Gasteiger partial charge on any atom is -0.497 e. The third-order valence-electron chi connectivity index (χ3n) is 3.11. The summed E-state index contributed by atoms with van der Waals surface area (Å²) in [6.07, 6.45) is -0.441. The highest BCUT2D eigenvalue weighted by Gasteiger charge is 2.07. The largest absolute Gasteiger partial charge is 0.497 e. The second-order valence-electron chi connectivity index (χ2n) is 4.82. The number of rotatable bonds is 9. The summed E-state index contributed by atoms with van der Waals surface area (Å²) in [5.41, 5.74) is 1.21. The van der Waals surface area contributed by atoms with Crippen LogP contribution < -0.4 is 10.1 Å². The molecule has 1 heterocycles. The van der Waals surface area contributed by atoms with Crippen molar-refractivity contribution in [1.82, 2.24) is 0 Å². The highest BCUT2D eigenvalue weighted by atomic mass is 32.1. The van der Waals surface area contributed by atoms with Crippen LogP contribution in [0.25, 0.3) is 0 Å². The molecule has 0 spiro atoms. The molecule has 0 saturated carbocycles. The number of aliphatic hydroxyl groups is 1. The number of hydrogen-bond acceptors (Lipinski definition) is 4. The molecule has 0 amide bonds. The van der Waals surface area contributed by atoms with Crippen LogP contribution in [-0.4, -0.2) is 31.5 Å². The van der Waals surface area contributed by atoms with Crippen LogP contribution in [0, 0.1) is 0 Å². The molecule has 0 radical (unpaired) electrons. The van der Waals surface area contributed by atoms with Gasteiger partial charge >= 0.3 is 0 Å². The van der Waals surface area contributed by atoms with E-state index < -0.39 is 6.10 Å². The maximum absolute atomic E-state index is 9.87. The topological polar surface area (TPSA) is 55.3 Å². The third kappa shape index (κ3) is 5.85. The summed E-state index contributed by atoms with van der Waals surface area (Å²) in [6, 6.07) is 12.0. The molecule has 0 saturated heterocycles. The fourth-order valence-corrected chi connectivity index (χ4v) is 2.60. The van der Waals surface area contributed by atoms with E-state index in [-0.39, 0.29) is 0 Å². The van der Waals surface area contributed by atoms with Gasteiger partial charge < -0.3 is 19.9 Å². The van der Waals surface area contributed by atoms with Crippen molar-refractivity contribution in [1.29, 1.82) is 0 Å². The zero-order valence-electron chi connectivity index (χ0n) is 12.2. The van der Waals surface area contributed by atoms with Crippen LogP contribution in [0.1, 0.15) is 10.4 Å². The van der Waals surface area contributed by atoms with Gasteiger partial charge in [-0.05, 0) is 35.7 Å². The van der Waals surface area contributed by atoms with Gasteiger partial charge in [0, 0.05) is 10.4 Å². The lowest BCUT2D eigenvalue weighted by Gasteiger charge is -2.10. The first kappa shape index (κ1) is 16.0. The number of nitrogens with two attached hydrogens (primary N) is 1. The summed E-state index contributed by atoms with van der Waals surface area (Å²) >= 11 is 1.67. The predicted molar refractivity (Wildman–Crippen MR) is 83.5 cm³/mol. The Bertz CT molecular complexity index is 499. The molecule has 3 N–H and O–H groups in total. The maximum Gasteiger partial charge on any atom is 0.126 e. The molecule has 1 atom stereocenters. The molecule has 4 nitrogen and oxygen atoms in total. The van der Waals surface area contributed by atoms with E-state index in [0.717, 1.165) is 12.3 Å². The number of quaternary nitrogens is 1. The first-order chi connectivity index (χ1) is 10.3. The van der Waals surface area contributed by atoms with Gasteiger partial charge in [-0.1, -0.05) is 6.07 Å². The number of thiophene rings is 1. The van der Waals surface area contributed by atoms with Gasteiger partial charge in [-0.2, -0.15) is 0 Å². The van der Waals surface area contributed by atoms with E-state index >= 15 is 0 Å². The van der Waals surface area contributed by atoms with Gasteiger partial charge in [-0.3, -0.25) is 0 Å². The van der Waals surface area contributed by atoms with E-state index in [2.05, 4.69) is 5.32 Å². The molecule has 0 aliphatic heterocycles. The third-order valence-corrected chi connectivity index (χ3v) is 3.96. The number of hydrogen-bond donors (Lipinski definition) is 2. The van der Waals surface area contributed by atoms with Crippen molar-refractivity contribution in [2.45, 2.75) is 19.3 Å². The van der Waals surface area contributed by atoms with Crippen LogP contribution in [0.3, 0.4) is 0 Å². The standard InChI is InChI=1S/C16H21NO3S/c1-19-15-6-4-13(5-7-15)9-17-10-14(18)11-20-12-16-3-2-8-21-16/h2-8,14,17-18H,9-12H2,1H3/p+1/t14-/m1/s1. The second-order valence-corrected chi connectivity index (χ2v) is 5.86. The van der Waals surface area contributed by atoms with Gasteiger partial charge in [0.05, 0.1) is 20.3 Å². The van der Waals surface area contributed by atoms with E-state index in [9.17, 15) is 5.11 Å². The number of aliphatic hydroxyl groups excluding tert-OH is 1. The fraction of sp³-hybridized carbons (Fsp3) is 0.375. The quantitative estimate of drug-likeness (QED) is 0.736. The molecular weight excluding hydrogens is 286 g/mol. The van der Waals surface area contributed by atoms with Crippen molar-refractivity contribution in [3.63, 3.8) is 0 Å². The van der Waals surface area contributed by atoms with Gasteiger partial charge in [-0.25, -0.2) is 0 Å². The van der Waals surface area contributed by atoms with Crippen molar-refractivity contribution < 1.29 is 19.9 Å². The van der Waals surface area contributed by atoms with Crippen LogP contribution in [0.4, 0.5) is 0 Å². The highest BCUT2D eigenvalue weighted by Crippen LogP contribution is 2.10. The van der Waals surface area contributed by atoms with Crippen LogP contribution in [-0.2, 0) is 17.9 Å². The molecule has 2 rings (SSSR count). The van der Waals surface area contributed by atoms with Crippen LogP contribution >= 0.6 is 11.3 Å². The molecule has 1 aromatic heterocycles. The Kier molecular flexibility index (Phi) is 6.69. The van der Waals surface area contributed by atoms with Crippen LogP contribution in [0.5, 0.6) is 5.75 Å². The SMILES string of the molecule is COc1ccc(C[NH2+]C[C@@H](O)COCc2cccs2)cc1. The summed E-state index contributed by atoms with van der Waals surface area (Å²) in [5, 5.41) is 14.0. The first-order valence-electron chi connectivity index (χ1n) is 7.00. The van der Waals surface area contributed by atoms with Crippen molar-refractivity contribution in [3.8, 4) is 5.75 Å². The first-order valence-corrected chi connectivity index (χ1v) is 7.88. The number of methoxy groups -OCH3 is 1.